The van der Waals surface area contributed by atoms with E-state index < -0.39 is 5.91 Å². The summed E-state index contributed by atoms with van der Waals surface area (Å²) in [6, 6.07) is 27.3. The van der Waals surface area contributed by atoms with Crippen molar-refractivity contribution in [3.8, 4) is 11.5 Å². The van der Waals surface area contributed by atoms with Crippen molar-refractivity contribution >= 4 is 27.7 Å². The van der Waals surface area contributed by atoms with Crippen LogP contribution in [0.25, 0.3) is 21.8 Å². The van der Waals surface area contributed by atoms with Crippen LogP contribution in [0.4, 0.5) is 4.39 Å². The van der Waals surface area contributed by atoms with E-state index in [0.717, 1.165) is 27.6 Å². The smallest absolute Gasteiger partial charge is 0.249 e. The van der Waals surface area contributed by atoms with E-state index in [1.807, 2.05) is 65.2 Å². The zero-order valence-electron chi connectivity index (χ0n) is 16.6. The highest BCUT2D eigenvalue weighted by molar-refractivity contribution is 6.17. The number of carbonyl (C=O) groups excluding carboxylic acids is 1. The molecule has 0 fully saturated rings. The highest BCUT2D eigenvalue weighted by atomic mass is 19.1. The molecule has 4 aromatic carbocycles. The number of aromatic nitrogens is 1. The lowest BCUT2D eigenvalue weighted by atomic mass is 10.1. The Bertz CT molecular complexity index is 1420. The Hall–Kier alpha value is -4.12. The number of hydrogen-bond donors (Lipinski definition) is 1. The maximum absolute atomic E-state index is 14.2. The molecule has 0 atom stereocenters. The number of amides is 1. The Morgan fingerprint density at radius 1 is 0.871 bits per heavy atom. The van der Waals surface area contributed by atoms with E-state index in [-0.39, 0.29) is 5.82 Å². The molecule has 0 spiro atoms. The van der Waals surface area contributed by atoms with Crippen molar-refractivity contribution in [2.75, 3.05) is 0 Å². The summed E-state index contributed by atoms with van der Waals surface area (Å²) in [5.74, 6) is 0.596. The van der Waals surface area contributed by atoms with Gasteiger partial charge >= 0.3 is 0 Å². The van der Waals surface area contributed by atoms with E-state index in [1.165, 1.54) is 12.1 Å². The summed E-state index contributed by atoms with van der Waals surface area (Å²) in [5.41, 5.74) is 8.48. The molecule has 4 nitrogen and oxygen atoms in total. The molecule has 0 aliphatic heterocycles. The van der Waals surface area contributed by atoms with Gasteiger partial charge in [-0.25, -0.2) is 4.39 Å². The topological polar surface area (TPSA) is 57.2 Å². The van der Waals surface area contributed by atoms with E-state index in [9.17, 15) is 9.18 Å². The van der Waals surface area contributed by atoms with Crippen molar-refractivity contribution in [2.24, 2.45) is 5.73 Å². The van der Waals surface area contributed by atoms with Crippen molar-refractivity contribution in [3.63, 3.8) is 0 Å². The molecule has 31 heavy (non-hydrogen) atoms. The molecule has 0 aliphatic rings. The molecule has 0 aliphatic carbocycles. The van der Waals surface area contributed by atoms with Crippen LogP contribution in [0, 0.1) is 5.82 Å². The molecule has 0 unspecified atom stereocenters. The second-order valence-electron chi connectivity index (χ2n) is 7.33. The number of nitrogens with zero attached hydrogens (tertiary/aromatic N) is 1. The molecule has 0 saturated heterocycles. The molecular formula is C26H19FN2O2. The van der Waals surface area contributed by atoms with E-state index in [2.05, 4.69) is 0 Å². The van der Waals surface area contributed by atoms with Crippen molar-refractivity contribution < 1.29 is 13.9 Å². The number of carbonyl (C=O) groups is 1. The van der Waals surface area contributed by atoms with Gasteiger partial charge in [-0.3, -0.25) is 4.79 Å². The first kappa shape index (κ1) is 18.9. The molecule has 5 aromatic rings. The predicted molar refractivity (Wildman–Crippen MR) is 120 cm³/mol. The van der Waals surface area contributed by atoms with Gasteiger partial charge in [0.05, 0.1) is 17.6 Å². The number of halogens is 1. The van der Waals surface area contributed by atoms with Gasteiger partial charge in [0, 0.05) is 21.9 Å². The van der Waals surface area contributed by atoms with Gasteiger partial charge in [0.15, 0.2) is 0 Å². The average Bonchev–Trinajstić information content (AvgIpc) is 3.08. The third kappa shape index (κ3) is 3.40. The van der Waals surface area contributed by atoms with Gasteiger partial charge in [0.1, 0.15) is 17.3 Å². The minimum absolute atomic E-state index is 0.342. The quantitative estimate of drug-likeness (QED) is 0.394. The fourth-order valence-corrected chi connectivity index (χ4v) is 4.01. The molecule has 5 heteroatoms. The molecule has 1 amide bonds. The molecule has 2 N–H and O–H groups in total. The van der Waals surface area contributed by atoms with Crippen LogP contribution < -0.4 is 10.5 Å². The van der Waals surface area contributed by atoms with E-state index in [1.54, 1.807) is 18.2 Å². The van der Waals surface area contributed by atoms with Crippen LogP contribution in [-0.4, -0.2) is 10.5 Å². The molecule has 1 heterocycles. The van der Waals surface area contributed by atoms with Crippen LogP contribution in [0.2, 0.25) is 0 Å². The first-order valence-corrected chi connectivity index (χ1v) is 9.93. The zero-order valence-corrected chi connectivity index (χ0v) is 16.6. The van der Waals surface area contributed by atoms with Crippen molar-refractivity contribution in [1.29, 1.82) is 0 Å². The molecule has 0 saturated carbocycles. The monoisotopic (exact) mass is 410 g/mol. The molecule has 1 aromatic heterocycles. The molecule has 0 bridgehead atoms. The summed E-state index contributed by atoms with van der Waals surface area (Å²) in [6.07, 6.45) is 0. The van der Waals surface area contributed by atoms with E-state index >= 15 is 0 Å². The largest absolute Gasteiger partial charge is 0.457 e. The standard InChI is InChI=1S/C26H19FN2O2/c27-18-13-14-20-23(15-18)29(22-11-6-10-21(25(20)22)26(28)30)16-17-7-4-5-12-24(17)31-19-8-2-1-3-9-19/h1-15H,16H2,(H2,28,30). The van der Waals surface area contributed by atoms with Gasteiger partial charge in [-0.1, -0.05) is 42.5 Å². The van der Waals surface area contributed by atoms with Gasteiger partial charge in [0.25, 0.3) is 0 Å². The van der Waals surface area contributed by atoms with Crippen LogP contribution in [0.15, 0.2) is 91.0 Å². The Labute approximate surface area is 178 Å². The van der Waals surface area contributed by atoms with Crippen LogP contribution in [0.5, 0.6) is 11.5 Å². The third-order valence-corrected chi connectivity index (χ3v) is 5.39. The van der Waals surface area contributed by atoms with Gasteiger partial charge < -0.3 is 15.0 Å². The number of hydrogen-bond acceptors (Lipinski definition) is 2. The number of nitrogens with two attached hydrogens (primary N) is 1. The lowest BCUT2D eigenvalue weighted by Crippen LogP contribution is -2.11. The van der Waals surface area contributed by atoms with Gasteiger partial charge in [-0.05, 0) is 48.5 Å². The number of ether oxygens (including phenoxy) is 1. The highest BCUT2D eigenvalue weighted by Crippen LogP contribution is 2.34. The van der Waals surface area contributed by atoms with Crippen LogP contribution >= 0.6 is 0 Å². The average molecular weight is 410 g/mol. The van der Waals surface area contributed by atoms with Gasteiger partial charge in [-0.2, -0.15) is 0 Å². The van der Waals surface area contributed by atoms with Crippen LogP contribution in [0.1, 0.15) is 15.9 Å². The Morgan fingerprint density at radius 3 is 2.45 bits per heavy atom. The lowest BCUT2D eigenvalue weighted by Gasteiger charge is -2.13. The van der Waals surface area contributed by atoms with Gasteiger partial charge in [0.2, 0.25) is 5.91 Å². The van der Waals surface area contributed by atoms with Gasteiger partial charge in [-0.15, -0.1) is 0 Å². The second-order valence-corrected chi connectivity index (χ2v) is 7.33. The number of benzene rings is 4. The SMILES string of the molecule is NC(=O)c1cccc2c1c1ccc(F)cc1n2Cc1ccccc1Oc1ccccc1. The maximum atomic E-state index is 14.2. The summed E-state index contributed by atoms with van der Waals surface area (Å²) in [4.78, 5) is 12.1. The summed E-state index contributed by atoms with van der Waals surface area (Å²) in [5, 5.41) is 1.51. The normalized spacial score (nSPS) is 11.1. The first-order chi connectivity index (χ1) is 15.1. The number of fused-ring (bicyclic) bond motifs is 3. The summed E-state index contributed by atoms with van der Waals surface area (Å²) in [6.45, 7) is 0.439. The molecular weight excluding hydrogens is 391 g/mol. The Kier molecular flexibility index (Phi) is 4.64. The third-order valence-electron chi connectivity index (χ3n) is 5.39. The predicted octanol–water partition coefficient (Wildman–Crippen LogP) is 5.87. The Morgan fingerprint density at radius 2 is 1.65 bits per heavy atom. The van der Waals surface area contributed by atoms with Crippen molar-refractivity contribution in [3.05, 3.63) is 108 Å². The number of para-hydroxylation sites is 2. The van der Waals surface area contributed by atoms with Crippen molar-refractivity contribution in [1.82, 2.24) is 4.57 Å². The molecule has 152 valence electrons. The lowest BCUT2D eigenvalue weighted by molar-refractivity contribution is 0.100. The minimum Gasteiger partial charge on any atom is -0.457 e. The molecule has 0 radical (unpaired) electrons. The number of rotatable bonds is 5. The fraction of sp³-hybridized carbons (Fsp3) is 0.0385. The maximum Gasteiger partial charge on any atom is 0.249 e. The summed E-state index contributed by atoms with van der Waals surface area (Å²) >= 11 is 0. The number of primary amides is 1. The summed E-state index contributed by atoms with van der Waals surface area (Å²) in [7, 11) is 0. The zero-order chi connectivity index (χ0) is 21.4. The molecule has 5 rings (SSSR count). The Balaban J connectivity index is 1.69. The second kappa shape index (κ2) is 7.61. The fourth-order valence-electron chi connectivity index (χ4n) is 4.01. The first-order valence-electron chi connectivity index (χ1n) is 9.93. The minimum atomic E-state index is -0.512. The summed E-state index contributed by atoms with van der Waals surface area (Å²) < 4.78 is 22.3. The van der Waals surface area contributed by atoms with E-state index in [0.29, 0.717) is 23.4 Å². The van der Waals surface area contributed by atoms with Crippen molar-refractivity contribution in [2.45, 2.75) is 6.54 Å². The van der Waals surface area contributed by atoms with E-state index in [4.69, 9.17) is 10.5 Å². The highest BCUT2D eigenvalue weighted by Gasteiger charge is 2.18. The van der Waals surface area contributed by atoms with Crippen LogP contribution in [0.3, 0.4) is 0 Å². The van der Waals surface area contributed by atoms with Crippen LogP contribution in [-0.2, 0) is 6.54 Å².